The maximum Gasteiger partial charge on any atom is 0.170 e. The van der Waals surface area contributed by atoms with Gasteiger partial charge >= 0.3 is 0 Å². The molecule has 0 aliphatic heterocycles. The van der Waals surface area contributed by atoms with Gasteiger partial charge in [-0.3, -0.25) is 0 Å². The Balaban J connectivity index is 2.62. The van der Waals surface area contributed by atoms with Gasteiger partial charge in [-0.05, 0) is 30.8 Å². The molecule has 0 fully saturated rings. The molecule has 15 heavy (non-hydrogen) atoms. The molecule has 0 aliphatic rings. The number of hydrogen-bond acceptors (Lipinski definition) is 1. The van der Waals surface area contributed by atoms with Crippen molar-refractivity contribution in [1.29, 1.82) is 0 Å². The summed E-state index contributed by atoms with van der Waals surface area (Å²) >= 11 is 5.05. The molecule has 1 rings (SSSR count). The highest BCUT2D eigenvalue weighted by Gasteiger charge is 2.07. The van der Waals surface area contributed by atoms with Crippen LogP contribution in [0.2, 0.25) is 0 Å². The van der Waals surface area contributed by atoms with Crippen molar-refractivity contribution >= 4 is 23.0 Å². The molecular formula is C12H18N2S. The minimum absolute atomic E-state index is 0.456. The third kappa shape index (κ3) is 3.88. The summed E-state index contributed by atoms with van der Waals surface area (Å²) < 4.78 is 0. The third-order valence-corrected chi connectivity index (χ3v) is 2.54. The van der Waals surface area contributed by atoms with Crippen molar-refractivity contribution in [2.45, 2.75) is 26.2 Å². The van der Waals surface area contributed by atoms with Gasteiger partial charge in [-0.2, -0.15) is 0 Å². The van der Waals surface area contributed by atoms with E-state index >= 15 is 0 Å². The Kier molecular flexibility index (Phi) is 5.12. The second-order valence-corrected chi connectivity index (χ2v) is 3.95. The zero-order valence-electron chi connectivity index (χ0n) is 9.15. The number of nitrogens with two attached hydrogens (primary N) is 1. The maximum atomic E-state index is 5.71. The number of benzene rings is 1. The Morgan fingerprint density at radius 2 is 1.93 bits per heavy atom. The summed E-state index contributed by atoms with van der Waals surface area (Å²) in [6, 6.07) is 10.1. The Morgan fingerprint density at radius 3 is 2.47 bits per heavy atom. The first-order valence-electron chi connectivity index (χ1n) is 5.37. The van der Waals surface area contributed by atoms with Crippen molar-refractivity contribution in [2.24, 2.45) is 5.73 Å². The lowest BCUT2D eigenvalue weighted by Crippen LogP contribution is -2.36. The van der Waals surface area contributed by atoms with Crippen LogP contribution in [0, 0.1) is 0 Å². The average Bonchev–Trinajstić information content (AvgIpc) is 2.25. The zero-order valence-corrected chi connectivity index (χ0v) is 9.96. The highest BCUT2D eigenvalue weighted by molar-refractivity contribution is 7.80. The van der Waals surface area contributed by atoms with Gasteiger partial charge in [0.15, 0.2) is 5.11 Å². The van der Waals surface area contributed by atoms with E-state index < -0.39 is 0 Å². The first kappa shape index (κ1) is 12.0. The lowest BCUT2D eigenvalue weighted by Gasteiger charge is -2.22. The number of nitrogens with zero attached hydrogens (tertiary/aromatic N) is 1. The van der Waals surface area contributed by atoms with E-state index in [2.05, 4.69) is 6.92 Å². The fraction of sp³-hybridized carbons (Fsp3) is 0.417. The highest BCUT2D eigenvalue weighted by atomic mass is 32.1. The number of thiocarbonyl (C=S) groups is 1. The normalized spacial score (nSPS) is 9.93. The molecule has 0 heterocycles. The molecule has 0 saturated heterocycles. The topological polar surface area (TPSA) is 29.3 Å². The molecule has 0 spiro atoms. The van der Waals surface area contributed by atoms with Crippen LogP contribution < -0.4 is 10.6 Å². The van der Waals surface area contributed by atoms with Crippen molar-refractivity contribution in [1.82, 2.24) is 0 Å². The smallest absolute Gasteiger partial charge is 0.170 e. The van der Waals surface area contributed by atoms with Gasteiger partial charge in [0.1, 0.15) is 0 Å². The van der Waals surface area contributed by atoms with Crippen LogP contribution in [0.15, 0.2) is 30.3 Å². The summed E-state index contributed by atoms with van der Waals surface area (Å²) in [6.45, 7) is 3.10. The van der Waals surface area contributed by atoms with Gasteiger partial charge in [-0.1, -0.05) is 38.0 Å². The van der Waals surface area contributed by atoms with Crippen LogP contribution in [0.5, 0.6) is 0 Å². The van der Waals surface area contributed by atoms with E-state index in [1.54, 1.807) is 0 Å². The SMILES string of the molecule is CCCCCN(C(N)=S)c1ccccc1. The van der Waals surface area contributed by atoms with Crippen molar-refractivity contribution in [3.63, 3.8) is 0 Å². The van der Waals surface area contributed by atoms with E-state index in [0.717, 1.165) is 18.7 Å². The second-order valence-electron chi connectivity index (χ2n) is 3.53. The zero-order chi connectivity index (χ0) is 11.1. The van der Waals surface area contributed by atoms with Crippen molar-refractivity contribution in [3.05, 3.63) is 30.3 Å². The van der Waals surface area contributed by atoms with Gasteiger partial charge in [0.05, 0.1) is 0 Å². The van der Waals surface area contributed by atoms with E-state index in [0.29, 0.717) is 5.11 Å². The van der Waals surface area contributed by atoms with Crippen LogP contribution in [0.3, 0.4) is 0 Å². The Bertz CT molecular complexity index is 298. The molecule has 0 aromatic heterocycles. The average molecular weight is 222 g/mol. The summed E-state index contributed by atoms with van der Waals surface area (Å²) in [4.78, 5) is 1.99. The van der Waals surface area contributed by atoms with Crippen molar-refractivity contribution in [2.75, 3.05) is 11.4 Å². The first-order valence-corrected chi connectivity index (χ1v) is 5.78. The summed E-state index contributed by atoms with van der Waals surface area (Å²) in [5, 5.41) is 0.456. The van der Waals surface area contributed by atoms with Crippen LogP contribution in [0.25, 0.3) is 0 Å². The van der Waals surface area contributed by atoms with E-state index in [-0.39, 0.29) is 0 Å². The number of hydrogen-bond donors (Lipinski definition) is 1. The molecule has 0 aliphatic carbocycles. The largest absolute Gasteiger partial charge is 0.376 e. The van der Waals surface area contributed by atoms with Gasteiger partial charge in [-0.25, -0.2) is 0 Å². The van der Waals surface area contributed by atoms with E-state index in [9.17, 15) is 0 Å². The summed E-state index contributed by atoms with van der Waals surface area (Å²) in [5.74, 6) is 0. The quantitative estimate of drug-likeness (QED) is 0.613. The van der Waals surface area contributed by atoms with E-state index in [1.807, 2.05) is 35.2 Å². The monoisotopic (exact) mass is 222 g/mol. The molecule has 0 saturated carbocycles. The van der Waals surface area contributed by atoms with Crippen LogP contribution in [0.4, 0.5) is 5.69 Å². The van der Waals surface area contributed by atoms with Gasteiger partial charge in [0.25, 0.3) is 0 Å². The predicted octanol–water partition coefficient (Wildman–Crippen LogP) is 2.93. The van der Waals surface area contributed by atoms with Gasteiger partial charge in [0, 0.05) is 12.2 Å². The molecule has 0 amide bonds. The summed E-state index contributed by atoms with van der Waals surface area (Å²) in [5.41, 5.74) is 6.79. The minimum atomic E-state index is 0.456. The molecule has 2 N–H and O–H groups in total. The Labute approximate surface area is 97.1 Å². The third-order valence-electron chi connectivity index (χ3n) is 2.32. The number of rotatable bonds is 5. The Hall–Kier alpha value is -1.09. The van der Waals surface area contributed by atoms with Crippen molar-refractivity contribution < 1.29 is 0 Å². The molecule has 1 aromatic carbocycles. The van der Waals surface area contributed by atoms with Gasteiger partial charge in [-0.15, -0.1) is 0 Å². The van der Waals surface area contributed by atoms with E-state index in [4.69, 9.17) is 18.0 Å². The molecule has 0 unspecified atom stereocenters. The van der Waals surface area contributed by atoms with Crippen LogP contribution >= 0.6 is 12.2 Å². The lowest BCUT2D eigenvalue weighted by atomic mass is 10.2. The number of anilines is 1. The summed E-state index contributed by atoms with van der Waals surface area (Å²) in [6.07, 6.45) is 3.55. The molecule has 2 nitrogen and oxygen atoms in total. The van der Waals surface area contributed by atoms with Crippen molar-refractivity contribution in [3.8, 4) is 0 Å². The fourth-order valence-corrected chi connectivity index (χ4v) is 1.69. The maximum absolute atomic E-state index is 5.71. The van der Waals surface area contributed by atoms with Gasteiger partial charge < -0.3 is 10.6 Å². The number of para-hydroxylation sites is 1. The predicted molar refractivity (Wildman–Crippen MR) is 70.1 cm³/mol. The first-order chi connectivity index (χ1) is 7.25. The fourth-order valence-electron chi connectivity index (χ4n) is 1.49. The molecule has 3 heteroatoms. The molecule has 0 atom stereocenters. The summed E-state index contributed by atoms with van der Waals surface area (Å²) in [7, 11) is 0. The van der Waals surface area contributed by atoms with Crippen LogP contribution in [0.1, 0.15) is 26.2 Å². The van der Waals surface area contributed by atoms with E-state index in [1.165, 1.54) is 12.8 Å². The van der Waals surface area contributed by atoms with Crippen LogP contribution in [-0.2, 0) is 0 Å². The standard InChI is InChI=1S/C12H18N2S/c1-2-3-7-10-14(12(13)15)11-8-5-4-6-9-11/h4-6,8-9H,2-3,7,10H2,1H3,(H2,13,15). The minimum Gasteiger partial charge on any atom is -0.376 e. The lowest BCUT2D eigenvalue weighted by molar-refractivity contribution is 0.722. The molecule has 0 radical (unpaired) electrons. The Morgan fingerprint density at radius 1 is 1.27 bits per heavy atom. The molecular weight excluding hydrogens is 204 g/mol. The number of unbranched alkanes of at least 4 members (excludes halogenated alkanes) is 2. The molecule has 82 valence electrons. The highest BCUT2D eigenvalue weighted by Crippen LogP contribution is 2.14. The van der Waals surface area contributed by atoms with Crippen LogP contribution in [-0.4, -0.2) is 11.7 Å². The molecule has 1 aromatic rings. The van der Waals surface area contributed by atoms with Gasteiger partial charge in [0.2, 0.25) is 0 Å². The molecule has 0 bridgehead atoms. The second kappa shape index (κ2) is 6.40.